The van der Waals surface area contributed by atoms with Gasteiger partial charge in [0.2, 0.25) is 5.95 Å². The van der Waals surface area contributed by atoms with Crippen molar-refractivity contribution in [1.29, 1.82) is 0 Å². The van der Waals surface area contributed by atoms with Crippen LogP contribution in [0.25, 0.3) is 22.2 Å². The van der Waals surface area contributed by atoms with Crippen molar-refractivity contribution in [1.82, 2.24) is 14.5 Å². The third-order valence-corrected chi connectivity index (χ3v) is 4.02. The van der Waals surface area contributed by atoms with Crippen molar-refractivity contribution in [2.24, 2.45) is 0 Å². The largest absolute Gasteiger partial charge is 0.354 e. The van der Waals surface area contributed by atoms with Crippen molar-refractivity contribution in [2.45, 2.75) is 27.3 Å². The second-order valence-electron chi connectivity index (χ2n) is 5.64. The normalized spacial score (nSPS) is 11.1. The molecule has 7 heteroatoms. The molecule has 0 unspecified atom stereocenters. The third-order valence-electron chi connectivity index (χ3n) is 4.02. The second kappa shape index (κ2) is 6.58. The third kappa shape index (κ3) is 2.97. The Hall–Kier alpha value is -2.83. The highest BCUT2D eigenvalue weighted by Gasteiger charge is 2.15. The molecular formula is C18H18F2N4O. The van der Waals surface area contributed by atoms with Crippen LogP contribution in [-0.2, 0) is 6.54 Å². The molecule has 2 heterocycles. The highest BCUT2D eigenvalue weighted by atomic mass is 19.2. The molecule has 25 heavy (non-hydrogen) atoms. The van der Waals surface area contributed by atoms with Gasteiger partial charge < -0.3 is 5.32 Å². The maximum Gasteiger partial charge on any atom is 0.260 e. The predicted octanol–water partition coefficient (Wildman–Crippen LogP) is 3.50. The number of anilines is 1. The van der Waals surface area contributed by atoms with Crippen LogP contribution in [-0.4, -0.2) is 21.1 Å². The van der Waals surface area contributed by atoms with Gasteiger partial charge >= 0.3 is 0 Å². The summed E-state index contributed by atoms with van der Waals surface area (Å²) in [6, 6.07) is 5.08. The molecule has 2 aromatic heterocycles. The smallest absolute Gasteiger partial charge is 0.260 e. The molecule has 0 aliphatic rings. The Labute approximate surface area is 143 Å². The van der Waals surface area contributed by atoms with Gasteiger partial charge in [0.15, 0.2) is 11.6 Å². The summed E-state index contributed by atoms with van der Waals surface area (Å²) in [6.45, 7) is 6.65. The minimum absolute atomic E-state index is 0.288. The zero-order valence-electron chi connectivity index (χ0n) is 14.2. The van der Waals surface area contributed by atoms with Crippen LogP contribution >= 0.6 is 0 Å². The zero-order valence-corrected chi connectivity index (χ0v) is 14.2. The van der Waals surface area contributed by atoms with E-state index >= 15 is 0 Å². The summed E-state index contributed by atoms with van der Waals surface area (Å²) >= 11 is 0. The molecule has 0 saturated carbocycles. The van der Waals surface area contributed by atoms with Gasteiger partial charge in [-0.3, -0.25) is 9.36 Å². The molecule has 0 fully saturated rings. The van der Waals surface area contributed by atoms with Gasteiger partial charge in [-0.25, -0.2) is 13.8 Å². The SMILES string of the molecule is CCNc1nc(C)c2cc(-c3ccc(F)c(F)c3)c(=O)n(CC)c2n1. The Kier molecular flexibility index (Phi) is 4.48. The summed E-state index contributed by atoms with van der Waals surface area (Å²) in [5.74, 6) is -1.49. The maximum absolute atomic E-state index is 13.6. The van der Waals surface area contributed by atoms with E-state index < -0.39 is 11.6 Å². The Morgan fingerprint density at radius 3 is 2.52 bits per heavy atom. The van der Waals surface area contributed by atoms with Crippen molar-refractivity contribution in [3.05, 3.63) is 51.9 Å². The van der Waals surface area contributed by atoms with Crippen LogP contribution < -0.4 is 10.9 Å². The Morgan fingerprint density at radius 2 is 1.88 bits per heavy atom. The number of hydrogen-bond donors (Lipinski definition) is 1. The number of pyridine rings is 1. The highest BCUT2D eigenvalue weighted by Crippen LogP contribution is 2.24. The molecular weight excluding hydrogens is 326 g/mol. The minimum atomic E-state index is -0.990. The van der Waals surface area contributed by atoms with Gasteiger partial charge in [-0.05, 0) is 44.5 Å². The minimum Gasteiger partial charge on any atom is -0.354 e. The molecule has 1 N–H and O–H groups in total. The van der Waals surface area contributed by atoms with E-state index in [0.717, 1.165) is 12.1 Å². The van der Waals surface area contributed by atoms with Gasteiger partial charge in [-0.2, -0.15) is 4.98 Å². The lowest BCUT2D eigenvalue weighted by Crippen LogP contribution is -2.23. The van der Waals surface area contributed by atoms with E-state index in [1.54, 1.807) is 6.07 Å². The standard InChI is InChI=1S/C18H18F2N4O/c1-4-21-18-22-10(3)12-9-13(11-6-7-14(19)15(20)8-11)17(25)24(5-2)16(12)23-18/h6-9H,4-5H2,1-3H3,(H,21,22,23). The van der Waals surface area contributed by atoms with Gasteiger partial charge in [0.25, 0.3) is 5.56 Å². The molecule has 5 nitrogen and oxygen atoms in total. The average Bonchev–Trinajstić information content (AvgIpc) is 2.57. The van der Waals surface area contributed by atoms with E-state index in [1.165, 1.54) is 10.6 Å². The number of benzene rings is 1. The van der Waals surface area contributed by atoms with E-state index in [0.29, 0.717) is 41.3 Å². The van der Waals surface area contributed by atoms with E-state index in [1.807, 2.05) is 20.8 Å². The first-order valence-electron chi connectivity index (χ1n) is 8.07. The van der Waals surface area contributed by atoms with Crippen LogP contribution in [0.15, 0.2) is 29.1 Å². The van der Waals surface area contributed by atoms with Gasteiger partial charge in [-0.15, -0.1) is 0 Å². The van der Waals surface area contributed by atoms with E-state index in [4.69, 9.17) is 0 Å². The summed E-state index contributed by atoms with van der Waals surface area (Å²) in [6.07, 6.45) is 0. The van der Waals surface area contributed by atoms with E-state index in [9.17, 15) is 13.6 Å². The quantitative estimate of drug-likeness (QED) is 0.787. The molecule has 0 radical (unpaired) electrons. The first-order chi connectivity index (χ1) is 12.0. The molecule has 0 amide bonds. The summed E-state index contributed by atoms with van der Waals surface area (Å²) in [5.41, 5.74) is 1.52. The fraction of sp³-hybridized carbons (Fsp3) is 0.278. The van der Waals surface area contributed by atoms with Crippen molar-refractivity contribution in [2.75, 3.05) is 11.9 Å². The zero-order chi connectivity index (χ0) is 18.1. The monoisotopic (exact) mass is 344 g/mol. The van der Waals surface area contributed by atoms with Gasteiger partial charge in [0, 0.05) is 24.0 Å². The van der Waals surface area contributed by atoms with Crippen molar-refractivity contribution < 1.29 is 8.78 Å². The molecule has 130 valence electrons. The van der Waals surface area contributed by atoms with Crippen LogP contribution in [0.3, 0.4) is 0 Å². The van der Waals surface area contributed by atoms with Crippen LogP contribution in [0.4, 0.5) is 14.7 Å². The number of aromatic nitrogens is 3. The summed E-state index contributed by atoms with van der Waals surface area (Å²) in [4.78, 5) is 21.7. The summed E-state index contributed by atoms with van der Waals surface area (Å²) in [7, 11) is 0. The van der Waals surface area contributed by atoms with Crippen LogP contribution in [0.2, 0.25) is 0 Å². The lowest BCUT2D eigenvalue weighted by molar-refractivity contribution is 0.509. The highest BCUT2D eigenvalue weighted by molar-refractivity contribution is 5.84. The number of fused-ring (bicyclic) bond motifs is 1. The molecule has 0 spiro atoms. The van der Waals surface area contributed by atoms with Crippen LogP contribution in [0, 0.1) is 18.6 Å². The summed E-state index contributed by atoms with van der Waals surface area (Å²) in [5, 5.41) is 3.74. The first-order valence-corrected chi connectivity index (χ1v) is 8.07. The number of hydrogen-bond acceptors (Lipinski definition) is 4. The predicted molar refractivity (Wildman–Crippen MR) is 93.7 cm³/mol. The molecule has 3 aromatic rings. The number of nitrogens with one attached hydrogen (secondary N) is 1. The molecule has 1 aromatic carbocycles. The Balaban J connectivity index is 2.33. The lowest BCUT2D eigenvalue weighted by Gasteiger charge is -2.13. The molecule has 0 bridgehead atoms. The fourth-order valence-electron chi connectivity index (χ4n) is 2.79. The molecule has 0 aliphatic heterocycles. The van der Waals surface area contributed by atoms with E-state index in [-0.39, 0.29) is 11.1 Å². The molecule has 0 atom stereocenters. The topological polar surface area (TPSA) is 59.8 Å². The Bertz CT molecular complexity index is 1010. The fourth-order valence-corrected chi connectivity index (χ4v) is 2.79. The Morgan fingerprint density at radius 1 is 1.12 bits per heavy atom. The van der Waals surface area contributed by atoms with Crippen LogP contribution in [0.5, 0.6) is 0 Å². The number of nitrogens with zero attached hydrogens (tertiary/aromatic N) is 3. The lowest BCUT2D eigenvalue weighted by atomic mass is 10.0. The molecule has 0 saturated heterocycles. The number of rotatable bonds is 4. The van der Waals surface area contributed by atoms with Crippen molar-refractivity contribution >= 4 is 17.0 Å². The van der Waals surface area contributed by atoms with Gasteiger partial charge in [-0.1, -0.05) is 6.07 Å². The summed E-state index contributed by atoms with van der Waals surface area (Å²) < 4.78 is 28.3. The first kappa shape index (κ1) is 17.0. The molecule has 0 aliphatic carbocycles. The number of halogens is 2. The average molecular weight is 344 g/mol. The number of aryl methyl sites for hydroxylation is 2. The van der Waals surface area contributed by atoms with Gasteiger partial charge in [0.1, 0.15) is 5.65 Å². The van der Waals surface area contributed by atoms with E-state index in [2.05, 4.69) is 15.3 Å². The van der Waals surface area contributed by atoms with Gasteiger partial charge in [0.05, 0.1) is 5.69 Å². The second-order valence-corrected chi connectivity index (χ2v) is 5.64. The maximum atomic E-state index is 13.6. The van der Waals surface area contributed by atoms with Crippen molar-refractivity contribution in [3.63, 3.8) is 0 Å². The van der Waals surface area contributed by atoms with Crippen molar-refractivity contribution in [3.8, 4) is 11.1 Å². The molecule has 3 rings (SSSR count). The van der Waals surface area contributed by atoms with Crippen LogP contribution in [0.1, 0.15) is 19.5 Å².